The molecule has 3 aromatic heterocycles. The van der Waals surface area contributed by atoms with Crippen LogP contribution in [0, 0.1) is 0 Å². The number of aromatic nitrogens is 4. The van der Waals surface area contributed by atoms with Crippen molar-refractivity contribution in [2.24, 2.45) is 0 Å². The minimum Gasteiger partial charge on any atom is -0.355 e. The van der Waals surface area contributed by atoms with Gasteiger partial charge in [-0.25, -0.2) is 9.97 Å². The van der Waals surface area contributed by atoms with E-state index in [9.17, 15) is 0 Å². The molecule has 2 aliphatic rings. The van der Waals surface area contributed by atoms with Gasteiger partial charge in [-0.3, -0.25) is 0 Å². The number of halogens is 2. The third-order valence-electron chi connectivity index (χ3n) is 10.7. The molecule has 61 heavy (non-hydrogen) atoms. The zero-order valence-electron chi connectivity index (χ0n) is 32.8. The summed E-state index contributed by atoms with van der Waals surface area (Å²) in [6, 6.07) is 56.0. The Morgan fingerprint density at radius 3 is 1.48 bits per heavy atom. The zero-order valence-corrected chi connectivity index (χ0v) is 34.3. The maximum absolute atomic E-state index is 6.76. The average molecular weight is 827 g/mol. The maximum atomic E-state index is 6.76. The van der Waals surface area contributed by atoms with Crippen LogP contribution in [0.15, 0.2) is 164 Å². The molecule has 5 aromatic carbocycles. The first-order valence-corrected chi connectivity index (χ1v) is 20.8. The van der Waals surface area contributed by atoms with Gasteiger partial charge in [-0.2, -0.15) is 0 Å². The molecule has 292 valence electrons. The van der Waals surface area contributed by atoms with Crippen molar-refractivity contribution < 1.29 is 0 Å². The molecule has 5 nitrogen and oxygen atoms in total. The molecule has 7 heteroatoms. The fourth-order valence-electron chi connectivity index (χ4n) is 7.70. The lowest BCUT2D eigenvalue weighted by molar-refractivity contribution is 1.28. The van der Waals surface area contributed by atoms with Gasteiger partial charge in [-0.1, -0.05) is 126 Å². The quantitative estimate of drug-likeness (QED) is 0.150. The van der Waals surface area contributed by atoms with E-state index in [4.69, 9.17) is 33.2 Å². The van der Waals surface area contributed by atoms with E-state index in [2.05, 4.69) is 154 Å². The van der Waals surface area contributed by atoms with Crippen LogP contribution in [0.3, 0.4) is 0 Å². The highest BCUT2D eigenvalue weighted by Crippen LogP contribution is 2.40. The van der Waals surface area contributed by atoms with Crippen molar-refractivity contribution in [1.29, 1.82) is 0 Å². The van der Waals surface area contributed by atoms with E-state index in [1.165, 1.54) is 0 Å². The Kier molecular flexibility index (Phi) is 10.3. The second kappa shape index (κ2) is 16.7. The van der Waals surface area contributed by atoms with Crippen LogP contribution < -0.4 is 4.90 Å². The van der Waals surface area contributed by atoms with Gasteiger partial charge in [0.1, 0.15) is 0 Å². The number of hydrogen-bond donors (Lipinski definition) is 2. The molecule has 2 N–H and O–H groups in total. The minimum atomic E-state index is 0.555. The van der Waals surface area contributed by atoms with Gasteiger partial charge in [-0.05, 0) is 126 Å². The normalized spacial score (nSPS) is 12.2. The van der Waals surface area contributed by atoms with E-state index in [0.717, 1.165) is 95.3 Å². The van der Waals surface area contributed by atoms with Gasteiger partial charge in [0, 0.05) is 55.8 Å². The second-order valence-electron chi connectivity index (χ2n) is 14.8. The summed E-state index contributed by atoms with van der Waals surface area (Å²) in [5, 5.41) is 1.11. The Labute approximate surface area is 364 Å². The lowest BCUT2D eigenvalue weighted by Crippen LogP contribution is -2.09. The summed E-state index contributed by atoms with van der Waals surface area (Å²) >= 11 is 13.5. The number of fused-ring (bicyclic) bond motifs is 8. The maximum Gasteiger partial charge on any atom is 0.0738 e. The Morgan fingerprint density at radius 2 is 0.885 bits per heavy atom. The second-order valence-corrected chi connectivity index (χ2v) is 15.6. The van der Waals surface area contributed by atoms with Crippen molar-refractivity contribution in [2.75, 3.05) is 4.90 Å². The highest BCUT2D eigenvalue weighted by Gasteiger charge is 2.17. The lowest BCUT2D eigenvalue weighted by Gasteiger charge is -2.25. The molecule has 5 heterocycles. The highest BCUT2D eigenvalue weighted by atomic mass is 35.5. The summed E-state index contributed by atoms with van der Waals surface area (Å²) < 4.78 is 0. The third kappa shape index (κ3) is 8.13. The molecule has 2 aliphatic heterocycles. The van der Waals surface area contributed by atoms with Gasteiger partial charge < -0.3 is 14.9 Å². The van der Waals surface area contributed by atoms with E-state index >= 15 is 0 Å². The summed E-state index contributed by atoms with van der Waals surface area (Å²) in [5.74, 6) is 0. The first-order valence-electron chi connectivity index (χ1n) is 20.0. The van der Waals surface area contributed by atoms with E-state index in [-0.39, 0.29) is 0 Å². The number of para-hydroxylation sites is 2. The van der Waals surface area contributed by atoms with Crippen LogP contribution in [0.5, 0.6) is 0 Å². The summed E-state index contributed by atoms with van der Waals surface area (Å²) in [6.45, 7) is 0. The molecule has 0 saturated heterocycles. The van der Waals surface area contributed by atoms with E-state index in [1.54, 1.807) is 0 Å². The third-order valence-corrected chi connectivity index (χ3v) is 11.3. The Morgan fingerprint density at radius 1 is 0.410 bits per heavy atom. The first-order chi connectivity index (χ1) is 30.0. The molecule has 8 aromatic rings. The molecule has 0 aliphatic carbocycles. The SMILES string of the molecule is Clc1cccc(Cl)c1-c1c2nc(cc3ccc([nH]3)c(/C=C/c3ccc(/C=C/c4ccc(N(c5ccccc5)c5ccccc5)cc4)cc3)c3nc(cc4ccc1[nH]4)C=C3)C=C2. The van der Waals surface area contributed by atoms with Gasteiger partial charge in [0.15, 0.2) is 0 Å². The van der Waals surface area contributed by atoms with E-state index in [0.29, 0.717) is 10.0 Å². The highest BCUT2D eigenvalue weighted by molar-refractivity contribution is 6.39. The molecule has 0 spiro atoms. The Hall–Kier alpha value is -7.44. The fraction of sp³-hybridized carbons (Fsp3) is 0. The van der Waals surface area contributed by atoms with E-state index < -0.39 is 0 Å². The largest absolute Gasteiger partial charge is 0.355 e. The Bertz CT molecular complexity index is 3130. The molecule has 0 unspecified atom stereocenters. The average Bonchev–Trinajstić information content (AvgIpc) is 4.14. The van der Waals surface area contributed by atoms with Crippen LogP contribution in [0.1, 0.15) is 45.0 Å². The topological polar surface area (TPSA) is 60.6 Å². The standard InChI is InChI=1S/C54H37Cl2N5/c55-47-12-7-13-48(56)53(47)54-51-32-25-41(59-51)34-39-23-30-49(57-39)46(50-31-24-40(58-50)35-42-26-33-52(54)60-42)29-22-37-17-14-36(15-18-37)16-19-38-20-27-45(28-21-38)61(43-8-3-1-4-9-43)44-10-5-2-6-11-44/h1-35,57,60H/b19-16+,29-22+,39-34?,40-35?,41-34?,42-35?,49-46?,50-46?,54-51?,54-52?. The predicted molar refractivity (Wildman–Crippen MR) is 260 cm³/mol. The molecule has 0 saturated carbocycles. The lowest BCUT2D eigenvalue weighted by atomic mass is 10.0. The van der Waals surface area contributed by atoms with Crippen molar-refractivity contribution >= 4 is 111 Å². The first kappa shape index (κ1) is 37.8. The number of aromatic amines is 2. The van der Waals surface area contributed by atoms with Crippen LogP contribution in [-0.2, 0) is 0 Å². The summed E-state index contributed by atoms with van der Waals surface area (Å²) in [7, 11) is 0. The van der Waals surface area contributed by atoms with Crippen molar-refractivity contribution in [2.45, 2.75) is 0 Å². The number of rotatable bonds is 8. The summed E-state index contributed by atoms with van der Waals surface area (Å²) in [6.07, 6.45) is 16.7. The Balaban J connectivity index is 0.944. The predicted octanol–water partition coefficient (Wildman–Crippen LogP) is 15.4. The van der Waals surface area contributed by atoms with Crippen molar-refractivity contribution in [3.8, 4) is 11.1 Å². The monoisotopic (exact) mass is 825 g/mol. The van der Waals surface area contributed by atoms with Gasteiger partial charge in [0.05, 0.1) is 32.8 Å². The molecule has 8 bridgehead atoms. The van der Waals surface area contributed by atoms with Crippen LogP contribution in [0.4, 0.5) is 17.1 Å². The number of hydrogen-bond acceptors (Lipinski definition) is 3. The molecule has 0 fully saturated rings. The van der Waals surface area contributed by atoms with Gasteiger partial charge in [-0.15, -0.1) is 0 Å². The van der Waals surface area contributed by atoms with Gasteiger partial charge in [0.2, 0.25) is 0 Å². The van der Waals surface area contributed by atoms with Crippen molar-refractivity contribution in [3.63, 3.8) is 0 Å². The zero-order chi connectivity index (χ0) is 41.1. The number of benzene rings is 5. The van der Waals surface area contributed by atoms with Crippen LogP contribution in [0.2, 0.25) is 10.0 Å². The number of anilines is 3. The summed E-state index contributed by atoms with van der Waals surface area (Å²) in [5.41, 5.74) is 16.1. The summed E-state index contributed by atoms with van der Waals surface area (Å²) in [4.78, 5) is 19.5. The molecule has 0 radical (unpaired) electrons. The molecular weight excluding hydrogens is 790 g/mol. The molecular formula is C54H37Cl2N5. The van der Waals surface area contributed by atoms with Crippen LogP contribution in [0.25, 0.3) is 81.8 Å². The van der Waals surface area contributed by atoms with Crippen molar-refractivity contribution in [1.82, 2.24) is 19.9 Å². The fourth-order valence-corrected chi connectivity index (χ4v) is 8.28. The molecule has 0 atom stereocenters. The van der Waals surface area contributed by atoms with Crippen LogP contribution in [-0.4, -0.2) is 19.9 Å². The molecule has 0 amide bonds. The minimum absolute atomic E-state index is 0.555. The smallest absolute Gasteiger partial charge is 0.0738 e. The van der Waals surface area contributed by atoms with E-state index in [1.807, 2.05) is 72.8 Å². The number of nitrogens with one attached hydrogen (secondary N) is 2. The van der Waals surface area contributed by atoms with Gasteiger partial charge >= 0.3 is 0 Å². The van der Waals surface area contributed by atoms with Crippen LogP contribution >= 0.6 is 23.2 Å². The van der Waals surface area contributed by atoms with Crippen molar-refractivity contribution in [3.05, 3.63) is 219 Å². The van der Waals surface area contributed by atoms with Gasteiger partial charge in [0.25, 0.3) is 0 Å². The molecule has 10 rings (SSSR count). The number of H-pyrrole nitrogens is 2. The number of nitrogens with zero attached hydrogens (tertiary/aromatic N) is 3.